The quantitative estimate of drug-likeness (QED) is 0.693. The van der Waals surface area contributed by atoms with Crippen LogP contribution in [0.1, 0.15) is 51.4 Å². The molecular weight excluding hydrogens is 186 g/mol. The van der Waals surface area contributed by atoms with Crippen molar-refractivity contribution in [3.63, 3.8) is 0 Å². The van der Waals surface area contributed by atoms with E-state index in [1.54, 1.807) is 0 Å². The van der Waals surface area contributed by atoms with Crippen LogP contribution in [-0.2, 0) is 4.79 Å². The molecule has 0 aromatic rings. The molecule has 1 atom stereocenters. The molecule has 1 unspecified atom stereocenters. The van der Waals surface area contributed by atoms with Crippen molar-refractivity contribution in [2.45, 2.75) is 57.4 Å². The zero-order valence-corrected chi connectivity index (χ0v) is 9.37. The van der Waals surface area contributed by atoms with E-state index in [-0.39, 0.29) is 5.92 Å². The average Bonchev–Trinajstić information content (AvgIpc) is 2.31. The molecule has 0 heterocycles. The second kappa shape index (κ2) is 5.34. The minimum absolute atomic E-state index is 0.247. The van der Waals surface area contributed by atoms with E-state index in [0.29, 0.717) is 11.9 Å². The van der Waals surface area contributed by atoms with E-state index < -0.39 is 0 Å². The van der Waals surface area contributed by atoms with Crippen molar-refractivity contribution in [2.75, 3.05) is 0 Å². The largest absolute Gasteiger partial charge is 0.353 e. The Bertz CT molecular complexity index is 241. The Labute approximate surface area is 92.1 Å². The number of rotatable bonds is 2. The monoisotopic (exact) mass is 207 g/mol. The molecule has 0 aliphatic heterocycles. The van der Waals surface area contributed by atoms with Gasteiger partial charge in [-0.1, -0.05) is 31.4 Å². The fraction of sp³-hybridized carbons (Fsp3) is 0.769. The van der Waals surface area contributed by atoms with Gasteiger partial charge in [-0.25, -0.2) is 0 Å². The molecule has 2 rings (SSSR count). The van der Waals surface area contributed by atoms with Gasteiger partial charge in [-0.3, -0.25) is 4.79 Å². The molecule has 2 nitrogen and oxygen atoms in total. The molecule has 0 aromatic heterocycles. The second-order valence-electron chi connectivity index (χ2n) is 4.82. The van der Waals surface area contributed by atoms with Crippen LogP contribution in [0.3, 0.4) is 0 Å². The molecule has 0 aromatic carbocycles. The third-order valence-corrected chi connectivity index (χ3v) is 3.59. The lowest BCUT2D eigenvalue weighted by Gasteiger charge is -2.25. The molecule has 2 heteroatoms. The zero-order valence-electron chi connectivity index (χ0n) is 9.37. The third-order valence-electron chi connectivity index (χ3n) is 3.59. The van der Waals surface area contributed by atoms with Crippen molar-refractivity contribution in [3.05, 3.63) is 12.2 Å². The molecule has 0 bridgehead atoms. The van der Waals surface area contributed by atoms with E-state index in [1.165, 1.54) is 32.1 Å². The zero-order chi connectivity index (χ0) is 10.5. The van der Waals surface area contributed by atoms with Crippen molar-refractivity contribution >= 4 is 5.91 Å². The summed E-state index contributed by atoms with van der Waals surface area (Å²) in [7, 11) is 0. The Hall–Kier alpha value is -0.790. The number of amides is 1. The van der Waals surface area contributed by atoms with Gasteiger partial charge < -0.3 is 5.32 Å². The van der Waals surface area contributed by atoms with Crippen molar-refractivity contribution in [1.29, 1.82) is 0 Å². The number of nitrogens with one attached hydrogen (secondary N) is 1. The first-order valence-corrected chi connectivity index (χ1v) is 6.31. The molecular formula is C13H21NO. The number of allylic oxidation sites excluding steroid dienone is 2. The van der Waals surface area contributed by atoms with Gasteiger partial charge in [-0.2, -0.15) is 0 Å². The molecule has 0 saturated heterocycles. The van der Waals surface area contributed by atoms with Crippen molar-refractivity contribution in [1.82, 2.24) is 5.32 Å². The number of carbonyl (C=O) groups excluding carboxylic acids is 1. The summed E-state index contributed by atoms with van der Waals surface area (Å²) in [6.45, 7) is 0. The predicted molar refractivity (Wildman–Crippen MR) is 61.5 cm³/mol. The van der Waals surface area contributed by atoms with Gasteiger partial charge >= 0.3 is 0 Å². The molecule has 2 aliphatic carbocycles. The highest BCUT2D eigenvalue weighted by Gasteiger charge is 2.22. The summed E-state index contributed by atoms with van der Waals surface area (Å²) in [5.41, 5.74) is 0. The minimum Gasteiger partial charge on any atom is -0.353 e. The molecule has 1 fully saturated rings. The summed E-state index contributed by atoms with van der Waals surface area (Å²) in [5.74, 6) is 0.545. The van der Waals surface area contributed by atoms with Gasteiger partial charge in [-0.05, 0) is 32.1 Å². The molecule has 0 radical (unpaired) electrons. The van der Waals surface area contributed by atoms with E-state index in [4.69, 9.17) is 0 Å². The van der Waals surface area contributed by atoms with Gasteiger partial charge in [0.1, 0.15) is 0 Å². The molecule has 1 N–H and O–H groups in total. The van der Waals surface area contributed by atoms with Crippen LogP contribution >= 0.6 is 0 Å². The average molecular weight is 207 g/mol. The summed E-state index contributed by atoms with van der Waals surface area (Å²) in [6.07, 6.45) is 13.7. The Morgan fingerprint density at radius 3 is 2.53 bits per heavy atom. The lowest BCUT2D eigenvalue weighted by atomic mass is 9.91. The summed E-state index contributed by atoms with van der Waals surface area (Å²) in [4.78, 5) is 11.9. The lowest BCUT2D eigenvalue weighted by molar-refractivity contribution is -0.126. The van der Waals surface area contributed by atoms with E-state index in [1.807, 2.05) is 0 Å². The van der Waals surface area contributed by atoms with Crippen molar-refractivity contribution < 1.29 is 4.79 Å². The van der Waals surface area contributed by atoms with Crippen molar-refractivity contribution in [3.8, 4) is 0 Å². The Morgan fingerprint density at radius 1 is 1.07 bits per heavy atom. The van der Waals surface area contributed by atoms with Crippen LogP contribution in [0.2, 0.25) is 0 Å². The molecule has 84 valence electrons. The van der Waals surface area contributed by atoms with Crippen LogP contribution in [0.5, 0.6) is 0 Å². The minimum atomic E-state index is 0.247. The first kappa shape index (κ1) is 10.7. The van der Waals surface area contributed by atoms with Crippen molar-refractivity contribution in [2.24, 2.45) is 5.92 Å². The highest BCUT2D eigenvalue weighted by atomic mass is 16.1. The molecule has 15 heavy (non-hydrogen) atoms. The maximum Gasteiger partial charge on any atom is 0.223 e. The Morgan fingerprint density at radius 2 is 1.87 bits per heavy atom. The predicted octanol–water partition coefficient (Wildman–Crippen LogP) is 2.79. The van der Waals surface area contributed by atoms with Gasteiger partial charge in [0.15, 0.2) is 0 Å². The van der Waals surface area contributed by atoms with Gasteiger partial charge in [0.05, 0.1) is 0 Å². The standard InChI is InChI=1S/C13H21NO/c15-13(11-7-3-1-4-8-11)14-12-9-5-2-6-10-12/h1,3,11-12H,2,4-10H2,(H,14,15). The van der Waals surface area contributed by atoms with Crippen LogP contribution in [0.15, 0.2) is 12.2 Å². The lowest BCUT2D eigenvalue weighted by Crippen LogP contribution is -2.40. The van der Waals surface area contributed by atoms with E-state index in [0.717, 1.165) is 19.3 Å². The van der Waals surface area contributed by atoms with E-state index >= 15 is 0 Å². The van der Waals surface area contributed by atoms with Gasteiger partial charge in [0, 0.05) is 12.0 Å². The summed E-state index contributed by atoms with van der Waals surface area (Å²) in [5, 5.41) is 3.22. The first-order chi connectivity index (χ1) is 7.36. The molecule has 1 amide bonds. The maximum absolute atomic E-state index is 11.9. The normalized spacial score (nSPS) is 27.6. The number of carbonyl (C=O) groups is 1. The summed E-state index contributed by atoms with van der Waals surface area (Å²) in [6, 6.07) is 0.470. The molecule has 2 aliphatic rings. The number of hydrogen-bond donors (Lipinski definition) is 1. The van der Waals surface area contributed by atoms with E-state index in [2.05, 4.69) is 17.5 Å². The van der Waals surface area contributed by atoms with Crippen LogP contribution in [-0.4, -0.2) is 11.9 Å². The molecule has 1 saturated carbocycles. The van der Waals surface area contributed by atoms with Gasteiger partial charge in [-0.15, -0.1) is 0 Å². The Balaban J connectivity index is 1.77. The van der Waals surface area contributed by atoms with Crippen LogP contribution in [0, 0.1) is 5.92 Å². The maximum atomic E-state index is 11.9. The highest BCUT2D eigenvalue weighted by Crippen LogP contribution is 2.21. The van der Waals surface area contributed by atoms with Crippen LogP contribution in [0.4, 0.5) is 0 Å². The SMILES string of the molecule is O=C(NC1CCCCC1)C1CC=CCC1. The van der Waals surface area contributed by atoms with E-state index in [9.17, 15) is 4.79 Å². The summed E-state index contributed by atoms with van der Waals surface area (Å²) < 4.78 is 0. The third kappa shape index (κ3) is 3.08. The van der Waals surface area contributed by atoms with Gasteiger partial charge in [0.2, 0.25) is 5.91 Å². The fourth-order valence-corrected chi connectivity index (χ4v) is 2.60. The smallest absolute Gasteiger partial charge is 0.223 e. The van der Waals surface area contributed by atoms with Crippen LogP contribution in [0.25, 0.3) is 0 Å². The second-order valence-corrected chi connectivity index (χ2v) is 4.82. The highest BCUT2D eigenvalue weighted by molar-refractivity contribution is 5.79. The first-order valence-electron chi connectivity index (χ1n) is 6.31. The van der Waals surface area contributed by atoms with Crippen LogP contribution < -0.4 is 5.32 Å². The summed E-state index contributed by atoms with van der Waals surface area (Å²) >= 11 is 0. The van der Waals surface area contributed by atoms with Gasteiger partial charge in [0.25, 0.3) is 0 Å². The number of hydrogen-bond acceptors (Lipinski definition) is 1. The fourth-order valence-electron chi connectivity index (χ4n) is 2.60. The molecule has 0 spiro atoms. The Kier molecular flexibility index (Phi) is 3.81. The topological polar surface area (TPSA) is 29.1 Å².